The SMILES string of the molecule is Cc1cc(C)n2nc(SCC(=O)NCC(N)=O)nc2n1. The summed E-state index contributed by atoms with van der Waals surface area (Å²) in [6.45, 7) is 3.62. The van der Waals surface area contributed by atoms with E-state index in [0.29, 0.717) is 10.9 Å². The summed E-state index contributed by atoms with van der Waals surface area (Å²) < 4.78 is 1.62. The van der Waals surface area contributed by atoms with Gasteiger partial charge in [-0.15, -0.1) is 5.10 Å². The van der Waals surface area contributed by atoms with Crippen LogP contribution in [0.15, 0.2) is 11.2 Å². The molecule has 2 aromatic rings. The van der Waals surface area contributed by atoms with E-state index in [0.717, 1.165) is 11.4 Å². The lowest BCUT2D eigenvalue weighted by Gasteiger charge is -1.99. The van der Waals surface area contributed by atoms with Crippen LogP contribution in [0.2, 0.25) is 0 Å². The van der Waals surface area contributed by atoms with E-state index in [-0.39, 0.29) is 18.2 Å². The average molecular weight is 294 g/mol. The molecule has 9 heteroatoms. The van der Waals surface area contributed by atoms with Gasteiger partial charge in [-0.05, 0) is 19.9 Å². The van der Waals surface area contributed by atoms with Gasteiger partial charge in [-0.1, -0.05) is 11.8 Å². The van der Waals surface area contributed by atoms with Gasteiger partial charge in [0.2, 0.25) is 17.0 Å². The van der Waals surface area contributed by atoms with Crippen LogP contribution in [0.25, 0.3) is 5.78 Å². The highest BCUT2D eigenvalue weighted by atomic mass is 32.2. The Balaban J connectivity index is 2.02. The van der Waals surface area contributed by atoms with E-state index in [9.17, 15) is 9.59 Å². The second-order valence-electron chi connectivity index (χ2n) is 4.18. The molecule has 2 aromatic heterocycles. The topological polar surface area (TPSA) is 115 Å². The highest BCUT2D eigenvalue weighted by molar-refractivity contribution is 7.99. The van der Waals surface area contributed by atoms with Crippen molar-refractivity contribution in [3.8, 4) is 0 Å². The molecule has 2 rings (SSSR count). The average Bonchev–Trinajstić information content (AvgIpc) is 2.77. The molecule has 0 atom stereocenters. The summed E-state index contributed by atoms with van der Waals surface area (Å²) in [6.07, 6.45) is 0. The highest BCUT2D eigenvalue weighted by Gasteiger charge is 2.10. The summed E-state index contributed by atoms with van der Waals surface area (Å²) in [6, 6.07) is 1.90. The number of amides is 2. The summed E-state index contributed by atoms with van der Waals surface area (Å²) in [5, 5.41) is 7.11. The molecular weight excluding hydrogens is 280 g/mol. The van der Waals surface area contributed by atoms with Gasteiger partial charge in [-0.25, -0.2) is 9.50 Å². The number of nitrogens with one attached hydrogen (secondary N) is 1. The molecule has 3 N–H and O–H groups in total. The molecule has 0 aliphatic heterocycles. The lowest BCUT2D eigenvalue weighted by atomic mass is 10.4. The summed E-state index contributed by atoms with van der Waals surface area (Å²) in [7, 11) is 0. The zero-order valence-corrected chi connectivity index (χ0v) is 11.9. The molecule has 0 aliphatic carbocycles. The monoisotopic (exact) mass is 294 g/mol. The Morgan fingerprint density at radius 1 is 1.40 bits per heavy atom. The van der Waals surface area contributed by atoms with E-state index in [1.807, 2.05) is 19.9 Å². The molecule has 0 aromatic carbocycles. The van der Waals surface area contributed by atoms with Crippen molar-refractivity contribution in [2.24, 2.45) is 5.73 Å². The normalized spacial score (nSPS) is 10.7. The maximum Gasteiger partial charge on any atom is 0.253 e. The van der Waals surface area contributed by atoms with E-state index in [1.165, 1.54) is 11.8 Å². The largest absolute Gasteiger partial charge is 0.368 e. The number of hydrogen-bond acceptors (Lipinski definition) is 6. The standard InChI is InChI=1S/C11H14N6O2S/c1-6-3-7(2)17-10(14-6)15-11(16-17)20-5-9(19)13-4-8(12)18/h3H,4-5H2,1-2H3,(H2,12,18)(H,13,19). The van der Waals surface area contributed by atoms with Crippen LogP contribution in [0.3, 0.4) is 0 Å². The first kappa shape index (κ1) is 14.3. The first-order valence-corrected chi connectivity index (χ1v) is 6.83. The Kier molecular flexibility index (Phi) is 4.18. The van der Waals surface area contributed by atoms with E-state index < -0.39 is 5.91 Å². The number of carbonyl (C=O) groups excluding carboxylic acids is 2. The Morgan fingerprint density at radius 3 is 2.85 bits per heavy atom. The fourth-order valence-corrected chi connectivity index (χ4v) is 2.22. The Labute approximate surface area is 119 Å². The second-order valence-corrected chi connectivity index (χ2v) is 5.12. The van der Waals surface area contributed by atoms with E-state index >= 15 is 0 Å². The smallest absolute Gasteiger partial charge is 0.253 e. The second kappa shape index (κ2) is 5.87. The molecule has 8 nitrogen and oxygen atoms in total. The van der Waals surface area contributed by atoms with Gasteiger partial charge in [0, 0.05) is 11.4 Å². The molecule has 2 amide bonds. The number of aromatic nitrogens is 4. The lowest BCUT2D eigenvalue weighted by molar-refractivity contribution is -0.123. The molecule has 20 heavy (non-hydrogen) atoms. The van der Waals surface area contributed by atoms with Crippen molar-refractivity contribution in [1.82, 2.24) is 24.9 Å². The molecule has 0 unspecified atom stereocenters. The molecular formula is C11H14N6O2S. The van der Waals surface area contributed by atoms with Crippen molar-refractivity contribution < 1.29 is 9.59 Å². The zero-order chi connectivity index (χ0) is 14.7. The third kappa shape index (κ3) is 3.44. The quantitative estimate of drug-likeness (QED) is 0.714. The van der Waals surface area contributed by atoms with Crippen molar-refractivity contribution >= 4 is 29.4 Å². The van der Waals surface area contributed by atoms with Gasteiger partial charge in [0.05, 0.1) is 12.3 Å². The zero-order valence-electron chi connectivity index (χ0n) is 11.1. The fourth-order valence-electron chi connectivity index (χ4n) is 1.58. The summed E-state index contributed by atoms with van der Waals surface area (Å²) in [5.74, 6) is -0.261. The first-order valence-electron chi connectivity index (χ1n) is 5.84. The van der Waals surface area contributed by atoms with Gasteiger partial charge in [0.25, 0.3) is 5.78 Å². The van der Waals surface area contributed by atoms with Gasteiger partial charge in [0.15, 0.2) is 0 Å². The van der Waals surface area contributed by atoms with Gasteiger partial charge in [-0.2, -0.15) is 4.98 Å². The Morgan fingerprint density at radius 2 is 2.15 bits per heavy atom. The molecule has 0 radical (unpaired) electrons. The number of thioether (sulfide) groups is 1. The minimum Gasteiger partial charge on any atom is -0.368 e. The Hall–Kier alpha value is -2.16. The summed E-state index contributed by atoms with van der Waals surface area (Å²) in [5.41, 5.74) is 6.71. The lowest BCUT2D eigenvalue weighted by Crippen LogP contribution is -2.34. The third-order valence-electron chi connectivity index (χ3n) is 2.39. The van der Waals surface area contributed by atoms with Gasteiger partial charge in [0.1, 0.15) is 0 Å². The molecule has 0 aliphatic rings. The predicted octanol–water partition coefficient (Wildman–Crippen LogP) is -0.565. The number of primary amides is 1. The first-order chi connectivity index (χ1) is 9.45. The minimum atomic E-state index is -0.579. The molecule has 0 saturated heterocycles. The van der Waals surface area contributed by atoms with Gasteiger partial charge < -0.3 is 11.1 Å². The molecule has 106 valence electrons. The Bertz CT molecular complexity index is 668. The van der Waals surface area contributed by atoms with E-state index in [4.69, 9.17) is 5.73 Å². The van der Waals surface area contributed by atoms with Gasteiger partial charge in [-0.3, -0.25) is 9.59 Å². The van der Waals surface area contributed by atoms with Crippen molar-refractivity contribution in [3.63, 3.8) is 0 Å². The molecule has 0 spiro atoms. The van der Waals surface area contributed by atoms with Crippen LogP contribution in [0.5, 0.6) is 0 Å². The van der Waals surface area contributed by atoms with Crippen molar-refractivity contribution in [2.75, 3.05) is 12.3 Å². The molecule has 0 saturated carbocycles. The van der Waals surface area contributed by atoms with Crippen LogP contribution in [0.4, 0.5) is 0 Å². The minimum absolute atomic E-state index is 0.113. The van der Waals surface area contributed by atoms with Crippen LogP contribution in [-0.4, -0.2) is 43.7 Å². The number of rotatable bonds is 5. The van der Waals surface area contributed by atoms with Crippen LogP contribution in [-0.2, 0) is 9.59 Å². The van der Waals surface area contributed by atoms with Crippen LogP contribution >= 0.6 is 11.8 Å². The highest BCUT2D eigenvalue weighted by Crippen LogP contribution is 2.14. The third-order valence-corrected chi connectivity index (χ3v) is 3.23. The number of nitrogens with zero attached hydrogens (tertiary/aromatic N) is 4. The number of fused-ring (bicyclic) bond motifs is 1. The maximum absolute atomic E-state index is 11.4. The van der Waals surface area contributed by atoms with Crippen LogP contribution in [0, 0.1) is 13.8 Å². The van der Waals surface area contributed by atoms with Crippen molar-refractivity contribution in [3.05, 3.63) is 17.5 Å². The van der Waals surface area contributed by atoms with Crippen LogP contribution < -0.4 is 11.1 Å². The van der Waals surface area contributed by atoms with E-state index in [2.05, 4.69) is 20.4 Å². The summed E-state index contributed by atoms with van der Waals surface area (Å²) >= 11 is 1.17. The number of hydrogen-bond donors (Lipinski definition) is 2. The molecule has 2 heterocycles. The van der Waals surface area contributed by atoms with Crippen molar-refractivity contribution in [1.29, 1.82) is 0 Å². The van der Waals surface area contributed by atoms with Crippen molar-refractivity contribution in [2.45, 2.75) is 19.0 Å². The molecule has 0 fully saturated rings. The predicted molar refractivity (Wildman–Crippen MR) is 73.2 cm³/mol. The number of carbonyl (C=O) groups is 2. The van der Waals surface area contributed by atoms with Gasteiger partial charge >= 0.3 is 0 Å². The van der Waals surface area contributed by atoms with E-state index in [1.54, 1.807) is 4.52 Å². The number of nitrogens with two attached hydrogens (primary N) is 1. The fraction of sp³-hybridized carbons (Fsp3) is 0.364. The van der Waals surface area contributed by atoms with Crippen LogP contribution in [0.1, 0.15) is 11.4 Å². The number of aryl methyl sites for hydroxylation is 2. The maximum atomic E-state index is 11.4. The molecule has 0 bridgehead atoms. The summed E-state index contributed by atoms with van der Waals surface area (Å²) in [4.78, 5) is 30.5.